The van der Waals surface area contributed by atoms with Crippen LogP contribution in [0.5, 0.6) is 0 Å². The smallest absolute Gasteiger partial charge is 0.305 e. The second-order valence-electron chi connectivity index (χ2n) is 2.36. The van der Waals surface area contributed by atoms with Crippen molar-refractivity contribution in [2.45, 2.75) is 25.9 Å². The van der Waals surface area contributed by atoms with Crippen molar-refractivity contribution in [3.8, 4) is 0 Å². The van der Waals surface area contributed by atoms with Crippen LogP contribution in [0, 0.1) is 0 Å². The van der Waals surface area contributed by atoms with Crippen molar-refractivity contribution >= 4 is 5.97 Å². The normalized spacial score (nSPS) is 12.9. The first-order valence-corrected chi connectivity index (χ1v) is 3.61. The van der Waals surface area contributed by atoms with Crippen molar-refractivity contribution in [2.75, 3.05) is 13.2 Å². The number of rotatable bonds is 6. The summed E-state index contributed by atoms with van der Waals surface area (Å²) in [6, 6.07) is 0. The van der Waals surface area contributed by atoms with E-state index in [1.807, 2.05) is 0 Å². The Bertz CT molecular complexity index is 113. The molecular formula is C7H14O4. The molecule has 0 aliphatic carbocycles. The summed E-state index contributed by atoms with van der Waals surface area (Å²) in [5.41, 5.74) is 0. The molecule has 0 aliphatic rings. The van der Waals surface area contributed by atoms with Gasteiger partial charge in [0.15, 0.2) is 0 Å². The lowest BCUT2D eigenvalue weighted by Crippen LogP contribution is -2.14. The Hall–Kier alpha value is -0.610. The quantitative estimate of drug-likeness (QED) is 0.549. The van der Waals surface area contributed by atoms with E-state index in [1.165, 1.54) is 0 Å². The molecule has 0 amide bonds. The summed E-state index contributed by atoms with van der Waals surface area (Å²) >= 11 is 0. The number of hydrogen-bond donors (Lipinski definition) is 2. The van der Waals surface area contributed by atoms with Crippen LogP contribution in [-0.4, -0.2) is 35.5 Å². The molecule has 0 aromatic heterocycles. The molecule has 0 saturated heterocycles. The van der Waals surface area contributed by atoms with Gasteiger partial charge in [0.2, 0.25) is 0 Å². The highest BCUT2D eigenvalue weighted by Crippen LogP contribution is 1.97. The molecule has 1 unspecified atom stereocenters. The SMILES string of the molecule is CC(CC(=O)O)OCCCO. The Morgan fingerprint density at radius 3 is 2.73 bits per heavy atom. The minimum absolute atomic E-state index is 0.0193. The molecule has 0 radical (unpaired) electrons. The summed E-state index contributed by atoms with van der Waals surface area (Å²) in [6.45, 7) is 2.20. The second-order valence-corrected chi connectivity index (χ2v) is 2.36. The van der Waals surface area contributed by atoms with Crippen molar-refractivity contribution in [2.24, 2.45) is 0 Å². The summed E-state index contributed by atoms with van der Waals surface area (Å²) < 4.78 is 5.05. The highest BCUT2D eigenvalue weighted by atomic mass is 16.5. The van der Waals surface area contributed by atoms with Crippen LogP contribution >= 0.6 is 0 Å². The molecular weight excluding hydrogens is 148 g/mol. The third kappa shape index (κ3) is 7.29. The van der Waals surface area contributed by atoms with Gasteiger partial charge in [-0.3, -0.25) is 4.79 Å². The number of ether oxygens (including phenoxy) is 1. The van der Waals surface area contributed by atoms with E-state index in [1.54, 1.807) is 6.92 Å². The highest BCUT2D eigenvalue weighted by Gasteiger charge is 2.06. The van der Waals surface area contributed by atoms with Crippen molar-refractivity contribution in [3.05, 3.63) is 0 Å². The van der Waals surface area contributed by atoms with E-state index in [4.69, 9.17) is 14.9 Å². The van der Waals surface area contributed by atoms with Gasteiger partial charge in [0, 0.05) is 13.2 Å². The first-order chi connectivity index (χ1) is 5.16. The fourth-order valence-electron chi connectivity index (χ4n) is 0.654. The van der Waals surface area contributed by atoms with Crippen molar-refractivity contribution in [1.82, 2.24) is 0 Å². The van der Waals surface area contributed by atoms with Crippen LogP contribution < -0.4 is 0 Å². The van der Waals surface area contributed by atoms with Crippen molar-refractivity contribution < 1.29 is 19.7 Å². The molecule has 11 heavy (non-hydrogen) atoms. The minimum atomic E-state index is -0.860. The van der Waals surface area contributed by atoms with Gasteiger partial charge in [-0.25, -0.2) is 0 Å². The van der Waals surface area contributed by atoms with Gasteiger partial charge >= 0.3 is 5.97 Å². The first kappa shape index (κ1) is 10.4. The molecule has 0 spiro atoms. The van der Waals surface area contributed by atoms with E-state index in [9.17, 15) is 4.79 Å². The van der Waals surface area contributed by atoms with Crippen LogP contribution in [0.1, 0.15) is 19.8 Å². The maximum absolute atomic E-state index is 10.1. The van der Waals surface area contributed by atoms with E-state index < -0.39 is 5.97 Å². The molecule has 0 bridgehead atoms. The average molecular weight is 162 g/mol. The summed E-state index contributed by atoms with van der Waals surface area (Å²) in [5.74, 6) is -0.860. The maximum atomic E-state index is 10.1. The second kappa shape index (κ2) is 6.12. The molecule has 4 nitrogen and oxygen atoms in total. The van der Waals surface area contributed by atoms with E-state index in [0.717, 1.165) is 0 Å². The van der Waals surface area contributed by atoms with Gasteiger partial charge in [-0.15, -0.1) is 0 Å². The van der Waals surface area contributed by atoms with Crippen molar-refractivity contribution in [1.29, 1.82) is 0 Å². The van der Waals surface area contributed by atoms with E-state index in [-0.39, 0.29) is 19.1 Å². The van der Waals surface area contributed by atoms with Crippen LogP contribution in [0.2, 0.25) is 0 Å². The Labute approximate surface area is 65.8 Å². The number of aliphatic hydroxyl groups is 1. The van der Waals surface area contributed by atoms with Gasteiger partial charge in [-0.2, -0.15) is 0 Å². The van der Waals surface area contributed by atoms with Crippen LogP contribution in [0.3, 0.4) is 0 Å². The Morgan fingerprint density at radius 2 is 2.27 bits per heavy atom. The molecule has 66 valence electrons. The van der Waals surface area contributed by atoms with Gasteiger partial charge in [0.1, 0.15) is 0 Å². The molecule has 0 aromatic rings. The van der Waals surface area contributed by atoms with E-state index >= 15 is 0 Å². The fourth-order valence-corrected chi connectivity index (χ4v) is 0.654. The number of aliphatic carboxylic acids is 1. The van der Waals surface area contributed by atoms with Crippen LogP contribution in [0.25, 0.3) is 0 Å². The molecule has 1 atom stereocenters. The predicted octanol–water partition coefficient (Wildman–Crippen LogP) is 0.249. The molecule has 2 N–H and O–H groups in total. The van der Waals surface area contributed by atoms with Gasteiger partial charge in [0.25, 0.3) is 0 Å². The van der Waals surface area contributed by atoms with Crippen LogP contribution in [0.4, 0.5) is 0 Å². The van der Waals surface area contributed by atoms with Crippen molar-refractivity contribution in [3.63, 3.8) is 0 Å². The third-order valence-corrected chi connectivity index (χ3v) is 1.17. The maximum Gasteiger partial charge on any atom is 0.305 e. The lowest BCUT2D eigenvalue weighted by Gasteiger charge is -2.08. The number of carboxylic acid groups (broad SMARTS) is 1. The number of carbonyl (C=O) groups is 1. The van der Waals surface area contributed by atoms with Gasteiger partial charge in [-0.05, 0) is 13.3 Å². The highest BCUT2D eigenvalue weighted by molar-refractivity contribution is 5.67. The largest absolute Gasteiger partial charge is 0.481 e. The third-order valence-electron chi connectivity index (χ3n) is 1.17. The zero-order valence-corrected chi connectivity index (χ0v) is 6.62. The average Bonchev–Trinajstić information content (AvgIpc) is 1.86. The molecule has 0 saturated carbocycles. The molecule has 4 heteroatoms. The lowest BCUT2D eigenvalue weighted by molar-refractivity contribution is -0.139. The topological polar surface area (TPSA) is 66.8 Å². The molecule has 0 rings (SSSR count). The van der Waals surface area contributed by atoms with Gasteiger partial charge in [0.05, 0.1) is 12.5 Å². The number of aliphatic hydroxyl groups excluding tert-OH is 1. The summed E-state index contributed by atoms with van der Waals surface area (Å²) in [6.07, 6.45) is 0.314. The Balaban J connectivity index is 3.22. The Morgan fingerprint density at radius 1 is 1.64 bits per heavy atom. The van der Waals surface area contributed by atoms with E-state index in [0.29, 0.717) is 13.0 Å². The van der Waals surface area contributed by atoms with Gasteiger partial charge in [-0.1, -0.05) is 0 Å². The summed E-state index contributed by atoms with van der Waals surface area (Å²) in [5, 5.41) is 16.7. The zero-order chi connectivity index (χ0) is 8.69. The monoisotopic (exact) mass is 162 g/mol. The molecule has 0 aliphatic heterocycles. The Kier molecular flexibility index (Phi) is 5.78. The lowest BCUT2D eigenvalue weighted by atomic mass is 10.3. The van der Waals surface area contributed by atoms with Crippen LogP contribution in [0.15, 0.2) is 0 Å². The molecule has 0 fully saturated rings. The predicted molar refractivity (Wildman–Crippen MR) is 39.4 cm³/mol. The molecule has 0 heterocycles. The minimum Gasteiger partial charge on any atom is -0.481 e. The number of carboxylic acids is 1. The van der Waals surface area contributed by atoms with Crippen LogP contribution in [-0.2, 0) is 9.53 Å². The molecule has 0 aromatic carbocycles. The number of hydrogen-bond acceptors (Lipinski definition) is 3. The zero-order valence-electron chi connectivity index (χ0n) is 6.62. The standard InChI is InChI=1S/C7H14O4/c1-6(5-7(9)10)11-4-2-3-8/h6,8H,2-5H2,1H3,(H,9,10). The summed E-state index contributed by atoms with van der Waals surface area (Å²) in [7, 11) is 0. The first-order valence-electron chi connectivity index (χ1n) is 3.61. The van der Waals surface area contributed by atoms with E-state index in [2.05, 4.69) is 0 Å². The van der Waals surface area contributed by atoms with Gasteiger partial charge < -0.3 is 14.9 Å². The fraction of sp³-hybridized carbons (Fsp3) is 0.857. The summed E-state index contributed by atoms with van der Waals surface area (Å²) in [4.78, 5) is 10.1.